The molecule has 0 aliphatic carbocycles. The Kier molecular flexibility index (Phi) is 4.32. The highest BCUT2D eigenvalue weighted by molar-refractivity contribution is 6.30. The van der Waals surface area contributed by atoms with E-state index in [0.717, 1.165) is 0 Å². The van der Waals surface area contributed by atoms with E-state index in [0.29, 0.717) is 41.6 Å². The van der Waals surface area contributed by atoms with Crippen molar-refractivity contribution in [1.29, 1.82) is 0 Å². The van der Waals surface area contributed by atoms with Gasteiger partial charge >= 0.3 is 0 Å². The number of carbonyl (C=O) groups is 1. The number of aliphatic hydroxyl groups is 1. The summed E-state index contributed by atoms with van der Waals surface area (Å²) in [4.78, 5) is 14.0. The van der Waals surface area contributed by atoms with Gasteiger partial charge in [-0.25, -0.2) is 0 Å². The summed E-state index contributed by atoms with van der Waals surface area (Å²) < 4.78 is 5.73. The van der Waals surface area contributed by atoms with Gasteiger partial charge < -0.3 is 14.7 Å². The van der Waals surface area contributed by atoms with E-state index >= 15 is 0 Å². The number of halogens is 1. The number of rotatable bonds is 3. The predicted octanol–water partition coefficient (Wildman–Crippen LogP) is 3.34. The van der Waals surface area contributed by atoms with E-state index in [1.807, 2.05) is 0 Å². The van der Waals surface area contributed by atoms with Crippen LogP contribution in [0.4, 0.5) is 0 Å². The SMILES string of the molecule is O=C(c1cccc(Oc2ccc(Cl)cc2)c1)N1CC[C@@H](O)C1. The monoisotopic (exact) mass is 317 g/mol. The molecule has 4 nitrogen and oxygen atoms in total. The molecule has 22 heavy (non-hydrogen) atoms. The molecule has 1 amide bonds. The Balaban J connectivity index is 1.74. The van der Waals surface area contributed by atoms with E-state index in [4.69, 9.17) is 16.3 Å². The third-order valence-corrected chi connectivity index (χ3v) is 3.83. The smallest absolute Gasteiger partial charge is 0.254 e. The van der Waals surface area contributed by atoms with Crippen molar-refractivity contribution in [2.24, 2.45) is 0 Å². The normalized spacial score (nSPS) is 17.5. The molecule has 2 aromatic rings. The second-order valence-electron chi connectivity index (χ2n) is 5.28. The van der Waals surface area contributed by atoms with Crippen LogP contribution in [-0.4, -0.2) is 35.1 Å². The van der Waals surface area contributed by atoms with Crippen molar-refractivity contribution in [3.63, 3.8) is 0 Å². The number of amides is 1. The van der Waals surface area contributed by atoms with Crippen LogP contribution in [0, 0.1) is 0 Å². The average molecular weight is 318 g/mol. The van der Waals surface area contributed by atoms with Gasteiger partial charge in [-0.3, -0.25) is 4.79 Å². The van der Waals surface area contributed by atoms with E-state index in [9.17, 15) is 9.90 Å². The molecule has 0 spiro atoms. The van der Waals surface area contributed by atoms with E-state index in [1.165, 1.54) is 0 Å². The highest BCUT2D eigenvalue weighted by Gasteiger charge is 2.25. The zero-order chi connectivity index (χ0) is 15.5. The zero-order valence-electron chi connectivity index (χ0n) is 11.9. The van der Waals surface area contributed by atoms with Crippen molar-refractivity contribution in [2.45, 2.75) is 12.5 Å². The summed E-state index contributed by atoms with van der Waals surface area (Å²) in [5.74, 6) is 1.16. The number of aliphatic hydroxyl groups excluding tert-OH is 1. The molecule has 0 saturated carbocycles. The number of likely N-dealkylation sites (tertiary alicyclic amines) is 1. The van der Waals surface area contributed by atoms with Crippen LogP contribution in [0.5, 0.6) is 11.5 Å². The number of hydrogen-bond acceptors (Lipinski definition) is 3. The molecule has 0 radical (unpaired) electrons. The van der Waals surface area contributed by atoms with E-state index < -0.39 is 6.10 Å². The minimum atomic E-state index is -0.419. The Bertz CT molecular complexity index is 672. The molecule has 1 atom stereocenters. The maximum Gasteiger partial charge on any atom is 0.254 e. The van der Waals surface area contributed by atoms with Crippen LogP contribution >= 0.6 is 11.6 Å². The number of nitrogens with zero attached hydrogens (tertiary/aromatic N) is 1. The molecule has 2 aromatic carbocycles. The number of ether oxygens (including phenoxy) is 1. The van der Waals surface area contributed by atoms with Crippen molar-refractivity contribution in [3.8, 4) is 11.5 Å². The molecule has 1 saturated heterocycles. The van der Waals surface area contributed by atoms with Gasteiger partial charge in [0.2, 0.25) is 0 Å². The largest absolute Gasteiger partial charge is 0.457 e. The standard InChI is InChI=1S/C17H16ClNO3/c18-13-4-6-15(7-5-13)22-16-3-1-2-12(10-16)17(21)19-9-8-14(20)11-19/h1-7,10,14,20H,8-9,11H2/t14-/m1/s1. The van der Waals surface area contributed by atoms with Gasteiger partial charge in [0, 0.05) is 23.7 Å². The molecule has 0 unspecified atom stereocenters. The van der Waals surface area contributed by atoms with Gasteiger partial charge in [0.25, 0.3) is 5.91 Å². The van der Waals surface area contributed by atoms with Crippen LogP contribution in [0.3, 0.4) is 0 Å². The third kappa shape index (κ3) is 3.40. The van der Waals surface area contributed by atoms with Gasteiger partial charge in [-0.15, -0.1) is 0 Å². The molecular formula is C17H16ClNO3. The lowest BCUT2D eigenvalue weighted by atomic mass is 10.2. The minimum absolute atomic E-state index is 0.0851. The first-order valence-corrected chi connectivity index (χ1v) is 7.50. The fourth-order valence-electron chi connectivity index (χ4n) is 2.44. The zero-order valence-corrected chi connectivity index (χ0v) is 12.7. The van der Waals surface area contributed by atoms with E-state index in [2.05, 4.69) is 0 Å². The number of β-amino-alcohol motifs (C(OH)–C–C–N with tert-alkyl or cyclic N) is 1. The summed E-state index contributed by atoms with van der Waals surface area (Å²) in [5, 5.41) is 10.2. The van der Waals surface area contributed by atoms with Crippen LogP contribution in [0.25, 0.3) is 0 Å². The van der Waals surface area contributed by atoms with Gasteiger partial charge in [0.05, 0.1) is 6.10 Å². The summed E-state index contributed by atoms with van der Waals surface area (Å²) >= 11 is 5.84. The molecule has 114 valence electrons. The molecule has 1 N–H and O–H groups in total. The van der Waals surface area contributed by atoms with Gasteiger partial charge in [-0.05, 0) is 48.9 Å². The Labute approximate surface area is 133 Å². The molecule has 0 bridgehead atoms. The summed E-state index contributed by atoms with van der Waals surface area (Å²) in [6.45, 7) is 0.976. The molecule has 3 rings (SSSR count). The highest BCUT2D eigenvalue weighted by atomic mass is 35.5. The van der Waals surface area contributed by atoms with Gasteiger partial charge in [0.15, 0.2) is 0 Å². The quantitative estimate of drug-likeness (QED) is 0.944. The van der Waals surface area contributed by atoms with Crippen molar-refractivity contribution in [3.05, 3.63) is 59.1 Å². The first-order valence-electron chi connectivity index (χ1n) is 7.12. The fourth-order valence-corrected chi connectivity index (χ4v) is 2.57. The average Bonchev–Trinajstić information content (AvgIpc) is 2.96. The molecule has 1 fully saturated rings. The third-order valence-electron chi connectivity index (χ3n) is 3.58. The Morgan fingerprint density at radius 3 is 2.64 bits per heavy atom. The van der Waals surface area contributed by atoms with Crippen LogP contribution < -0.4 is 4.74 Å². The second kappa shape index (κ2) is 6.38. The summed E-state index contributed by atoms with van der Waals surface area (Å²) in [5.41, 5.74) is 0.556. The van der Waals surface area contributed by atoms with Crippen LogP contribution in [0.2, 0.25) is 5.02 Å². The van der Waals surface area contributed by atoms with Gasteiger partial charge in [-0.1, -0.05) is 17.7 Å². The molecule has 1 aliphatic rings. The fraction of sp³-hybridized carbons (Fsp3) is 0.235. The second-order valence-corrected chi connectivity index (χ2v) is 5.71. The van der Waals surface area contributed by atoms with Crippen LogP contribution in [0.15, 0.2) is 48.5 Å². The van der Waals surface area contributed by atoms with E-state index in [1.54, 1.807) is 53.4 Å². The molecule has 5 heteroatoms. The number of benzene rings is 2. The number of carbonyl (C=O) groups excluding carboxylic acids is 1. The van der Waals surface area contributed by atoms with Crippen molar-refractivity contribution < 1.29 is 14.6 Å². The maximum atomic E-state index is 12.4. The molecule has 0 aromatic heterocycles. The topological polar surface area (TPSA) is 49.8 Å². The molecular weight excluding hydrogens is 302 g/mol. The van der Waals surface area contributed by atoms with E-state index in [-0.39, 0.29) is 5.91 Å². The first-order chi connectivity index (χ1) is 10.6. The minimum Gasteiger partial charge on any atom is -0.457 e. The summed E-state index contributed by atoms with van der Waals surface area (Å²) in [7, 11) is 0. The maximum absolute atomic E-state index is 12.4. The molecule has 1 aliphatic heterocycles. The van der Waals surface area contributed by atoms with Gasteiger partial charge in [-0.2, -0.15) is 0 Å². The lowest BCUT2D eigenvalue weighted by Gasteiger charge is -2.16. The summed E-state index contributed by atoms with van der Waals surface area (Å²) in [6, 6.07) is 14.1. The van der Waals surface area contributed by atoms with Crippen LogP contribution in [0.1, 0.15) is 16.8 Å². The predicted molar refractivity (Wildman–Crippen MR) is 84.5 cm³/mol. The Morgan fingerprint density at radius 2 is 1.95 bits per heavy atom. The van der Waals surface area contributed by atoms with Gasteiger partial charge in [0.1, 0.15) is 11.5 Å². The lowest BCUT2D eigenvalue weighted by molar-refractivity contribution is 0.0764. The van der Waals surface area contributed by atoms with Crippen molar-refractivity contribution in [1.82, 2.24) is 4.90 Å². The van der Waals surface area contributed by atoms with Crippen molar-refractivity contribution in [2.75, 3.05) is 13.1 Å². The first kappa shape index (κ1) is 14.9. The van der Waals surface area contributed by atoms with Crippen molar-refractivity contribution >= 4 is 17.5 Å². The Morgan fingerprint density at radius 1 is 1.18 bits per heavy atom. The Hall–Kier alpha value is -2.04. The summed E-state index contributed by atoms with van der Waals surface area (Å²) in [6.07, 6.45) is 0.213. The van der Waals surface area contributed by atoms with Crippen LogP contribution in [-0.2, 0) is 0 Å². The molecule has 1 heterocycles. The lowest BCUT2D eigenvalue weighted by Crippen LogP contribution is -2.29. The highest BCUT2D eigenvalue weighted by Crippen LogP contribution is 2.24. The number of hydrogen-bond donors (Lipinski definition) is 1.